The number of hydrogen-bond acceptors (Lipinski definition) is 1. The van der Waals surface area contributed by atoms with Crippen LogP contribution in [0.15, 0.2) is 12.2 Å². The summed E-state index contributed by atoms with van der Waals surface area (Å²) in [7, 11) is -0.951. The molecular formula is C4H5OP. The lowest BCUT2D eigenvalue weighted by molar-refractivity contribution is -0.152. The molecule has 0 aromatic carbocycles. The first kappa shape index (κ1) is 4.04. The van der Waals surface area contributed by atoms with E-state index in [1.807, 2.05) is 12.2 Å². The van der Waals surface area contributed by atoms with Crippen molar-refractivity contribution in [3.63, 3.8) is 0 Å². The number of allylic oxidation sites excluding steroid dienone is 2. The van der Waals surface area contributed by atoms with Gasteiger partial charge in [0.2, 0.25) is 0 Å². The van der Waals surface area contributed by atoms with Crippen LogP contribution in [0, 0.1) is 0 Å². The molecule has 0 amide bonds. The molecule has 0 aromatic rings. The van der Waals surface area contributed by atoms with Gasteiger partial charge in [-0.3, -0.25) is 0 Å². The van der Waals surface area contributed by atoms with Gasteiger partial charge in [0.05, 0.1) is 7.77 Å². The molecule has 2 heteroatoms. The first-order valence-corrected chi connectivity index (χ1v) is 3.35. The topological polar surface area (TPSA) is 23.1 Å². The van der Waals surface area contributed by atoms with E-state index >= 15 is 0 Å². The van der Waals surface area contributed by atoms with E-state index in [4.69, 9.17) is 0 Å². The van der Waals surface area contributed by atoms with Crippen LogP contribution in [0.2, 0.25) is 0 Å². The van der Waals surface area contributed by atoms with Crippen LogP contribution in [0.3, 0.4) is 0 Å². The molecule has 1 atom stereocenters. The van der Waals surface area contributed by atoms with Gasteiger partial charge < -0.3 is 4.89 Å². The molecule has 1 nitrogen and oxygen atoms in total. The third kappa shape index (κ3) is 0.675. The normalized spacial score (nSPS) is 24.5. The second kappa shape index (κ2) is 1.55. The Morgan fingerprint density at radius 1 is 1.67 bits per heavy atom. The molecule has 32 valence electrons. The summed E-state index contributed by atoms with van der Waals surface area (Å²) in [6.07, 6.45) is 4.52. The highest BCUT2D eigenvalue weighted by atomic mass is 31.1. The molecule has 0 aromatic heterocycles. The maximum atomic E-state index is 10.3. The summed E-state index contributed by atoms with van der Waals surface area (Å²) in [6.45, 7) is 0. The minimum absolute atomic E-state index is 0.759. The fraction of sp³-hybridized carbons (Fsp3) is 0.250. The minimum atomic E-state index is -0.951. The van der Waals surface area contributed by atoms with E-state index in [2.05, 4.69) is 0 Å². The third-order valence-corrected chi connectivity index (χ3v) is 1.75. The molecule has 1 aliphatic heterocycles. The Kier molecular flexibility index (Phi) is 1.04. The summed E-state index contributed by atoms with van der Waals surface area (Å²) < 4.78 is 0. The van der Waals surface area contributed by atoms with Gasteiger partial charge in [0.15, 0.2) is 0 Å². The lowest BCUT2D eigenvalue weighted by atomic mass is 10.6. The summed E-state index contributed by atoms with van der Waals surface area (Å²) in [4.78, 5) is 10.3. The number of hydrogen-bond donors (Lipinski definition) is 0. The molecule has 1 rings (SSSR count). The van der Waals surface area contributed by atoms with E-state index in [9.17, 15) is 4.89 Å². The average molecular weight is 100 g/mol. The van der Waals surface area contributed by atoms with Crippen LogP contribution >= 0.6 is 7.77 Å². The van der Waals surface area contributed by atoms with Gasteiger partial charge in [-0.05, 0) is 12.2 Å². The summed E-state index contributed by atoms with van der Waals surface area (Å²) in [5.41, 5.74) is 0. The second-order valence-corrected chi connectivity index (χ2v) is 2.67. The summed E-state index contributed by atoms with van der Waals surface area (Å²) in [6, 6.07) is 0. The van der Waals surface area contributed by atoms with Crippen molar-refractivity contribution < 1.29 is 4.89 Å². The van der Waals surface area contributed by atoms with E-state index in [1.54, 1.807) is 5.80 Å². The van der Waals surface area contributed by atoms with Crippen molar-refractivity contribution >= 4 is 13.6 Å². The highest BCUT2D eigenvalue weighted by Crippen LogP contribution is 2.12. The third-order valence-electron chi connectivity index (χ3n) is 0.674. The first-order chi connectivity index (χ1) is 2.89. The van der Waals surface area contributed by atoms with E-state index in [1.165, 1.54) is 0 Å². The van der Waals surface area contributed by atoms with E-state index < -0.39 is 7.77 Å². The van der Waals surface area contributed by atoms with Crippen molar-refractivity contribution in [3.8, 4) is 0 Å². The fourth-order valence-electron chi connectivity index (χ4n) is 0.382. The van der Waals surface area contributed by atoms with Crippen LogP contribution in [-0.4, -0.2) is 12.0 Å². The van der Waals surface area contributed by atoms with Crippen molar-refractivity contribution in [2.45, 2.75) is 0 Å². The summed E-state index contributed by atoms with van der Waals surface area (Å²) in [5.74, 6) is 1.73. The zero-order valence-electron chi connectivity index (χ0n) is 3.29. The predicted octanol–water partition coefficient (Wildman–Crippen LogP) is 0.116. The second-order valence-electron chi connectivity index (χ2n) is 1.18. The molecule has 0 fully saturated rings. The number of rotatable bonds is 0. The van der Waals surface area contributed by atoms with Crippen molar-refractivity contribution in [1.82, 2.24) is 0 Å². The summed E-state index contributed by atoms with van der Waals surface area (Å²) in [5, 5.41) is 0. The highest BCUT2D eigenvalue weighted by molar-refractivity contribution is 7.51. The summed E-state index contributed by atoms with van der Waals surface area (Å²) >= 11 is 0. The Hall–Kier alpha value is -0.130. The quantitative estimate of drug-likeness (QED) is 0.396. The van der Waals surface area contributed by atoms with Gasteiger partial charge >= 0.3 is 0 Å². The van der Waals surface area contributed by atoms with Crippen LogP contribution in [0.5, 0.6) is 0 Å². The maximum absolute atomic E-state index is 10.3. The molecular weight excluding hydrogens is 95.0 g/mol. The maximum Gasteiger partial charge on any atom is 0.121 e. The Morgan fingerprint density at radius 2 is 2.50 bits per heavy atom. The Morgan fingerprint density at radius 3 is 2.67 bits per heavy atom. The van der Waals surface area contributed by atoms with Crippen LogP contribution in [0.4, 0.5) is 0 Å². The SMILES string of the molecule is [O-][P+]1=CC=CC1. The smallest absolute Gasteiger partial charge is 0.121 e. The van der Waals surface area contributed by atoms with Gasteiger partial charge in [-0.25, -0.2) is 0 Å². The standard InChI is InChI=1S/C4H5OP/c5-6-3-1-2-4-6/h1-3H,4H2. The first-order valence-electron chi connectivity index (χ1n) is 1.83. The molecule has 0 bridgehead atoms. The molecule has 0 saturated heterocycles. The van der Waals surface area contributed by atoms with Crippen LogP contribution < -0.4 is 4.89 Å². The molecule has 0 radical (unpaired) electrons. The van der Waals surface area contributed by atoms with Gasteiger partial charge in [-0.1, -0.05) is 0 Å². The molecule has 1 aliphatic rings. The van der Waals surface area contributed by atoms with Crippen molar-refractivity contribution in [2.75, 3.05) is 6.16 Å². The molecule has 1 heterocycles. The minimum Gasteiger partial charge on any atom is -0.630 e. The average Bonchev–Trinajstić information content (AvgIpc) is 1.86. The largest absolute Gasteiger partial charge is 0.630 e. The van der Waals surface area contributed by atoms with E-state index in [-0.39, 0.29) is 0 Å². The zero-order chi connectivity index (χ0) is 4.41. The lowest BCUT2D eigenvalue weighted by Gasteiger charge is -1.80. The van der Waals surface area contributed by atoms with Crippen LogP contribution in [0.25, 0.3) is 0 Å². The highest BCUT2D eigenvalue weighted by Gasteiger charge is 1.93. The van der Waals surface area contributed by atoms with Crippen molar-refractivity contribution in [2.24, 2.45) is 0 Å². The Bertz CT molecular complexity index is 104. The van der Waals surface area contributed by atoms with Gasteiger partial charge in [0.25, 0.3) is 0 Å². The molecule has 0 saturated carbocycles. The van der Waals surface area contributed by atoms with E-state index in [0.29, 0.717) is 0 Å². The van der Waals surface area contributed by atoms with Gasteiger partial charge in [-0.2, -0.15) is 0 Å². The van der Waals surface area contributed by atoms with Crippen molar-refractivity contribution in [3.05, 3.63) is 12.2 Å². The van der Waals surface area contributed by atoms with Crippen LogP contribution in [0.1, 0.15) is 0 Å². The predicted molar refractivity (Wildman–Crippen MR) is 27.0 cm³/mol. The van der Waals surface area contributed by atoms with Gasteiger partial charge in [0, 0.05) is 0 Å². The van der Waals surface area contributed by atoms with Gasteiger partial charge in [-0.15, -0.1) is 0 Å². The lowest BCUT2D eigenvalue weighted by Crippen LogP contribution is -1.85. The molecule has 0 N–H and O–H groups in total. The van der Waals surface area contributed by atoms with Crippen molar-refractivity contribution in [1.29, 1.82) is 0 Å². The Labute approximate surface area is 37.8 Å². The molecule has 0 aliphatic carbocycles. The molecule has 1 unspecified atom stereocenters. The molecule has 6 heavy (non-hydrogen) atoms. The monoisotopic (exact) mass is 100 g/mol. The Balaban J connectivity index is 2.61. The zero-order valence-corrected chi connectivity index (χ0v) is 4.19. The van der Waals surface area contributed by atoms with Crippen LogP contribution in [-0.2, 0) is 0 Å². The molecule has 0 spiro atoms. The van der Waals surface area contributed by atoms with E-state index in [0.717, 1.165) is 6.16 Å². The van der Waals surface area contributed by atoms with Gasteiger partial charge in [0.1, 0.15) is 12.0 Å². The fourth-order valence-corrected chi connectivity index (χ4v) is 1.15.